The first kappa shape index (κ1) is 12.9. The Balaban J connectivity index is 2.22. The summed E-state index contributed by atoms with van der Waals surface area (Å²) < 4.78 is 7.20. The Morgan fingerprint density at radius 2 is 2.35 bits per heavy atom. The topological polar surface area (TPSA) is 47.3 Å². The number of nitrogens with zero attached hydrogens (tertiary/aromatic N) is 2. The van der Waals surface area contributed by atoms with Gasteiger partial charge < -0.3 is 9.84 Å². The molecule has 0 bridgehead atoms. The molecule has 5 heteroatoms. The summed E-state index contributed by atoms with van der Waals surface area (Å²) in [4.78, 5) is 0. The van der Waals surface area contributed by atoms with Crippen molar-refractivity contribution in [2.75, 3.05) is 13.2 Å². The Morgan fingerprint density at radius 1 is 1.59 bits per heavy atom. The number of ether oxygens (including phenoxy) is 1. The van der Waals surface area contributed by atoms with Crippen molar-refractivity contribution >= 4 is 11.6 Å². The van der Waals surface area contributed by atoms with Gasteiger partial charge in [0, 0.05) is 18.6 Å². The van der Waals surface area contributed by atoms with E-state index in [1.807, 2.05) is 13.8 Å². The van der Waals surface area contributed by atoms with E-state index >= 15 is 0 Å². The van der Waals surface area contributed by atoms with Crippen LogP contribution in [-0.2, 0) is 4.74 Å². The maximum Gasteiger partial charge on any atom is 0.102 e. The van der Waals surface area contributed by atoms with E-state index in [0.717, 1.165) is 25.1 Å². The molecule has 1 aromatic rings. The van der Waals surface area contributed by atoms with Gasteiger partial charge in [0.25, 0.3) is 0 Å². The van der Waals surface area contributed by atoms with Crippen molar-refractivity contribution in [3.63, 3.8) is 0 Å². The van der Waals surface area contributed by atoms with Crippen LogP contribution in [0.5, 0.6) is 0 Å². The molecule has 0 radical (unpaired) electrons. The van der Waals surface area contributed by atoms with E-state index in [9.17, 15) is 5.11 Å². The van der Waals surface area contributed by atoms with Crippen LogP contribution in [0, 0.1) is 5.92 Å². The third-order valence-corrected chi connectivity index (χ3v) is 3.49. The first-order valence-corrected chi connectivity index (χ1v) is 6.47. The first-order valence-electron chi connectivity index (χ1n) is 6.10. The molecular weight excluding hydrogens is 240 g/mol. The molecule has 4 nitrogen and oxygen atoms in total. The van der Waals surface area contributed by atoms with Gasteiger partial charge in [-0.2, -0.15) is 5.10 Å². The summed E-state index contributed by atoms with van der Waals surface area (Å²) in [5.74, 6) is 0.121. The van der Waals surface area contributed by atoms with E-state index < -0.39 is 6.10 Å². The molecule has 1 aliphatic rings. The van der Waals surface area contributed by atoms with Crippen LogP contribution >= 0.6 is 11.6 Å². The molecule has 2 rings (SSSR count). The van der Waals surface area contributed by atoms with Gasteiger partial charge in [0.2, 0.25) is 0 Å². The Morgan fingerprint density at radius 3 is 2.94 bits per heavy atom. The molecule has 1 saturated heterocycles. The molecule has 2 atom stereocenters. The van der Waals surface area contributed by atoms with Crippen molar-refractivity contribution in [3.8, 4) is 0 Å². The van der Waals surface area contributed by atoms with Crippen LogP contribution in [0.2, 0.25) is 5.02 Å². The van der Waals surface area contributed by atoms with Gasteiger partial charge in [0.15, 0.2) is 0 Å². The van der Waals surface area contributed by atoms with Gasteiger partial charge >= 0.3 is 0 Å². The molecule has 0 aromatic carbocycles. The fraction of sp³-hybridized carbons (Fsp3) is 0.750. The molecular formula is C12H19ClN2O2. The fourth-order valence-corrected chi connectivity index (χ4v) is 2.52. The summed E-state index contributed by atoms with van der Waals surface area (Å²) in [5.41, 5.74) is 0.720. The van der Waals surface area contributed by atoms with Gasteiger partial charge in [0.05, 0.1) is 23.5 Å². The van der Waals surface area contributed by atoms with Crippen LogP contribution in [0.3, 0.4) is 0 Å². The number of aromatic nitrogens is 2. The maximum absolute atomic E-state index is 10.4. The van der Waals surface area contributed by atoms with Gasteiger partial charge in [-0.15, -0.1) is 0 Å². The van der Waals surface area contributed by atoms with Gasteiger partial charge in [-0.25, -0.2) is 0 Å². The SMILES string of the molecule is CC(C)n1ncc(Cl)c1C(O)C1CCCOC1. The summed E-state index contributed by atoms with van der Waals surface area (Å²) in [6.45, 7) is 5.44. The number of hydrogen-bond donors (Lipinski definition) is 1. The second kappa shape index (κ2) is 5.38. The van der Waals surface area contributed by atoms with Crippen molar-refractivity contribution in [2.45, 2.75) is 38.8 Å². The second-order valence-corrected chi connectivity index (χ2v) is 5.25. The van der Waals surface area contributed by atoms with Crippen LogP contribution in [-0.4, -0.2) is 28.1 Å². The highest BCUT2D eigenvalue weighted by Crippen LogP contribution is 2.33. The lowest BCUT2D eigenvalue weighted by molar-refractivity contribution is -0.0135. The largest absolute Gasteiger partial charge is 0.386 e. The van der Waals surface area contributed by atoms with Gasteiger partial charge in [0.1, 0.15) is 6.10 Å². The molecule has 1 N–H and O–H groups in total. The molecule has 96 valence electrons. The fourth-order valence-electron chi connectivity index (χ4n) is 2.28. The van der Waals surface area contributed by atoms with Crippen LogP contribution < -0.4 is 0 Å². The summed E-state index contributed by atoms with van der Waals surface area (Å²) in [7, 11) is 0. The minimum absolute atomic E-state index is 0.121. The molecule has 0 spiro atoms. The highest BCUT2D eigenvalue weighted by Gasteiger charge is 2.29. The molecule has 2 unspecified atom stereocenters. The molecule has 1 aromatic heterocycles. The van der Waals surface area contributed by atoms with E-state index in [-0.39, 0.29) is 12.0 Å². The van der Waals surface area contributed by atoms with Crippen LogP contribution in [0.4, 0.5) is 0 Å². The summed E-state index contributed by atoms with van der Waals surface area (Å²) >= 11 is 6.12. The highest BCUT2D eigenvalue weighted by molar-refractivity contribution is 6.31. The van der Waals surface area contributed by atoms with Gasteiger partial charge in [-0.3, -0.25) is 4.68 Å². The van der Waals surface area contributed by atoms with Gasteiger partial charge in [-0.05, 0) is 26.7 Å². The zero-order valence-electron chi connectivity index (χ0n) is 10.3. The lowest BCUT2D eigenvalue weighted by atomic mass is 9.94. The third-order valence-electron chi connectivity index (χ3n) is 3.20. The van der Waals surface area contributed by atoms with E-state index in [2.05, 4.69) is 5.10 Å². The van der Waals surface area contributed by atoms with E-state index in [1.165, 1.54) is 0 Å². The lowest BCUT2D eigenvalue weighted by Crippen LogP contribution is -2.26. The molecule has 1 fully saturated rings. The maximum atomic E-state index is 10.4. The standard InChI is InChI=1S/C12H19ClN2O2/c1-8(2)15-11(10(13)6-14-15)12(16)9-4-3-5-17-7-9/h6,8-9,12,16H,3-5,7H2,1-2H3. The van der Waals surface area contributed by atoms with Crippen molar-refractivity contribution < 1.29 is 9.84 Å². The van der Waals surface area contributed by atoms with E-state index in [4.69, 9.17) is 16.3 Å². The molecule has 2 heterocycles. The number of aliphatic hydroxyl groups is 1. The number of halogens is 1. The normalized spacial score (nSPS) is 23.0. The Hall–Kier alpha value is -0.580. The quantitative estimate of drug-likeness (QED) is 0.907. The minimum Gasteiger partial charge on any atom is -0.386 e. The van der Waals surface area contributed by atoms with Crippen LogP contribution in [0.25, 0.3) is 0 Å². The molecule has 1 aliphatic heterocycles. The Kier molecular flexibility index (Phi) is 4.07. The average Bonchev–Trinajstić information content (AvgIpc) is 2.71. The molecule has 0 saturated carbocycles. The smallest absolute Gasteiger partial charge is 0.102 e. The van der Waals surface area contributed by atoms with Crippen molar-refractivity contribution in [1.82, 2.24) is 9.78 Å². The summed E-state index contributed by atoms with van der Waals surface area (Å²) in [5, 5.41) is 15.2. The highest BCUT2D eigenvalue weighted by atomic mass is 35.5. The third kappa shape index (κ3) is 2.64. The summed E-state index contributed by atoms with van der Waals surface area (Å²) in [6, 6.07) is 0.191. The van der Waals surface area contributed by atoms with Crippen LogP contribution in [0.1, 0.15) is 44.5 Å². The van der Waals surface area contributed by atoms with Crippen LogP contribution in [0.15, 0.2) is 6.20 Å². The first-order chi connectivity index (χ1) is 8.11. The molecule has 0 aliphatic carbocycles. The molecule has 17 heavy (non-hydrogen) atoms. The number of rotatable bonds is 3. The van der Waals surface area contributed by atoms with Crippen molar-refractivity contribution in [3.05, 3.63) is 16.9 Å². The van der Waals surface area contributed by atoms with Crippen molar-refractivity contribution in [2.24, 2.45) is 5.92 Å². The minimum atomic E-state index is -0.590. The monoisotopic (exact) mass is 258 g/mol. The Labute approximate surface area is 107 Å². The van der Waals surface area contributed by atoms with E-state index in [0.29, 0.717) is 11.6 Å². The predicted octanol–water partition coefficient (Wildman–Crippen LogP) is 2.58. The zero-order chi connectivity index (χ0) is 12.4. The van der Waals surface area contributed by atoms with Gasteiger partial charge in [-0.1, -0.05) is 11.6 Å². The molecule has 0 amide bonds. The second-order valence-electron chi connectivity index (χ2n) is 4.84. The predicted molar refractivity (Wildman–Crippen MR) is 66.1 cm³/mol. The van der Waals surface area contributed by atoms with E-state index in [1.54, 1.807) is 10.9 Å². The number of aliphatic hydroxyl groups excluding tert-OH is 1. The number of hydrogen-bond acceptors (Lipinski definition) is 3. The van der Waals surface area contributed by atoms with Crippen molar-refractivity contribution in [1.29, 1.82) is 0 Å². The zero-order valence-corrected chi connectivity index (χ0v) is 11.0. The lowest BCUT2D eigenvalue weighted by Gasteiger charge is -2.28. The average molecular weight is 259 g/mol. The Bertz CT molecular complexity index is 373. The summed E-state index contributed by atoms with van der Waals surface area (Å²) in [6.07, 6.45) is 2.98.